The van der Waals surface area contributed by atoms with Gasteiger partial charge in [0.1, 0.15) is 0 Å². The van der Waals surface area contributed by atoms with Crippen LogP contribution in [0.25, 0.3) is 17.1 Å². The first-order chi connectivity index (χ1) is 13.7. The molecule has 142 valence electrons. The van der Waals surface area contributed by atoms with Crippen LogP contribution in [0, 0.1) is 6.92 Å². The molecule has 0 spiro atoms. The third-order valence-electron chi connectivity index (χ3n) is 4.61. The second kappa shape index (κ2) is 7.59. The Morgan fingerprint density at radius 3 is 2.71 bits per heavy atom. The van der Waals surface area contributed by atoms with Crippen LogP contribution in [0.15, 0.2) is 53.2 Å². The van der Waals surface area contributed by atoms with E-state index >= 15 is 0 Å². The van der Waals surface area contributed by atoms with E-state index in [1.165, 1.54) is 0 Å². The van der Waals surface area contributed by atoms with E-state index in [9.17, 15) is 4.79 Å². The van der Waals surface area contributed by atoms with Crippen molar-refractivity contribution in [1.82, 2.24) is 30.1 Å². The Kier molecular flexibility index (Phi) is 4.84. The molecule has 8 heteroatoms. The Balaban J connectivity index is 1.55. The van der Waals surface area contributed by atoms with Crippen LogP contribution >= 0.6 is 0 Å². The average molecular weight is 376 g/mol. The number of benzene rings is 1. The topological polar surface area (TPSA) is 98.2 Å². The molecule has 8 nitrogen and oxygen atoms in total. The molecule has 1 amide bonds. The smallest absolute Gasteiger partial charge is 0.261 e. The molecule has 1 aromatic carbocycles. The molecule has 0 aliphatic carbocycles. The number of aromatic nitrogens is 5. The average Bonchev–Trinajstić information content (AvgIpc) is 3.34. The van der Waals surface area contributed by atoms with Crippen molar-refractivity contribution < 1.29 is 9.32 Å². The standard InChI is InChI=1S/C20H20N6O2/c1-3-15(14-8-5-4-6-9-14)19(27)21-12-17-23-24-18-16(10-7-11-26(17)18)20-22-13(2)25-28-20/h4-11,15H,3,12H2,1-2H3,(H,21,27)/t15-/m0/s1. The normalized spacial score (nSPS) is 12.2. The van der Waals surface area contributed by atoms with Crippen molar-refractivity contribution in [3.05, 3.63) is 65.9 Å². The molecule has 0 radical (unpaired) electrons. The lowest BCUT2D eigenvalue weighted by Gasteiger charge is -2.15. The predicted molar refractivity (Wildman–Crippen MR) is 102 cm³/mol. The highest BCUT2D eigenvalue weighted by Crippen LogP contribution is 2.22. The van der Waals surface area contributed by atoms with Crippen molar-refractivity contribution in [1.29, 1.82) is 0 Å². The van der Waals surface area contributed by atoms with Gasteiger partial charge < -0.3 is 9.84 Å². The summed E-state index contributed by atoms with van der Waals surface area (Å²) >= 11 is 0. The van der Waals surface area contributed by atoms with Crippen molar-refractivity contribution in [2.75, 3.05) is 0 Å². The minimum Gasteiger partial charge on any atom is -0.348 e. The summed E-state index contributed by atoms with van der Waals surface area (Å²) in [5.74, 6) is 1.34. The third kappa shape index (κ3) is 3.36. The number of hydrogen-bond donors (Lipinski definition) is 1. The Hall–Kier alpha value is -3.55. The molecule has 1 atom stereocenters. The Labute approximate surface area is 161 Å². The molecular weight excluding hydrogens is 356 g/mol. The molecule has 4 aromatic rings. The number of amides is 1. The molecule has 0 saturated carbocycles. The number of carbonyl (C=O) groups is 1. The Bertz CT molecular complexity index is 1100. The molecule has 0 aliphatic rings. The van der Waals surface area contributed by atoms with Gasteiger partial charge in [-0.2, -0.15) is 4.98 Å². The molecule has 0 aliphatic heterocycles. The van der Waals surface area contributed by atoms with Gasteiger partial charge >= 0.3 is 0 Å². The van der Waals surface area contributed by atoms with Gasteiger partial charge in [0.05, 0.1) is 18.0 Å². The maximum absolute atomic E-state index is 12.7. The summed E-state index contributed by atoms with van der Waals surface area (Å²) in [5, 5.41) is 15.3. The number of nitrogens with zero attached hydrogens (tertiary/aromatic N) is 5. The van der Waals surface area contributed by atoms with E-state index < -0.39 is 0 Å². The summed E-state index contributed by atoms with van der Waals surface area (Å²) in [7, 11) is 0. The summed E-state index contributed by atoms with van der Waals surface area (Å²) in [5.41, 5.74) is 2.30. The zero-order valence-electron chi connectivity index (χ0n) is 15.7. The lowest BCUT2D eigenvalue weighted by molar-refractivity contribution is -0.122. The van der Waals surface area contributed by atoms with E-state index in [1.54, 1.807) is 6.92 Å². The van der Waals surface area contributed by atoms with Crippen LogP contribution in [-0.2, 0) is 11.3 Å². The quantitative estimate of drug-likeness (QED) is 0.556. The van der Waals surface area contributed by atoms with Gasteiger partial charge in [0.25, 0.3) is 5.89 Å². The summed E-state index contributed by atoms with van der Waals surface area (Å²) in [6, 6.07) is 13.5. The second-order valence-corrected chi connectivity index (χ2v) is 6.47. The molecule has 1 N–H and O–H groups in total. The van der Waals surface area contributed by atoms with Crippen molar-refractivity contribution in [3.8, 4) is 11.5 Å². The first-order valence-corrected chi connectivity index (χ1v) is 9.13. The third-order valence-corrected chi connectivity index (χ3v) is 4.61. The van der Waals surface area contributed by atoms with Crippen LogP contribution in [0.5, 0.6) is 0 Å². The highest BCUT2D eigenvalue weighted by atomic mass is 16.5. The highest BCUT2D eigenvalue weighted by Gasteiger charge is 2.20. The molecule has 0 fully saturated rings. The molecule has 28 heavy (non-hydrogen) atoms. The largest absolute Gasteiger partial charge is 0.348 e. The number of fused-ring (bicyclic) bond motifs is 1. The lowest BCUT2D eigenvalue weighted by Crippen LogP contribution is -2.29. The Morgan fingerprint density at radius 2 is 2.00 bits per heavy atom. The molecule has 3 heterocycles. The predicted octanol–water partition coefficient (Wildman–Crippen LogP) is 2.90. The number of carbonyl (C=O) groups excluding carboxylic acids is 1. The van der Waals surface area contributed by atoms with Crippen molar-refractivity contribution >= 4 is 11.6 Å². The molecular formula is C20H20N6O2. The van der Waals surface area contributed by atoms with E-state index in [4.69, 9.17) is 4.52 Å². The zero-order valence-corrected chi connectivity index (χ0v) is 15.7. The fraction of sp³-hybridized carbons (Fsp3) is 0.250. The maximum atomic E-state index is 12.7. The number of rotatable bonds is 6. The molecule has 3 aromatic heterocycles. The Morgan fingerprint density at radius 1 is 1.18 bits per heavy atom. The van der Waals surface area contributed by atoms with Crippen molar-refractivity contribution in [3.63, 3.8) is 0 Å². The van der Waals surface area contributed by atoms with Crippen LogP contribution in [-0.4, -0.2) is 30.6 Å². The minimum atomic E-state index is -0.197. The number of nitrogens with one attached hydrogen (secondary N) is 1. The maximum Gasteiger partial charge on any atom is 0.261 e. The van der Waals surface area contributed by atoms with Gasteiger partial charge in [0, 0.05) is 6.20 Å². The van der Waals surface area contributed by atoms with Gasteiger partial charge in [-0.15, -0.1) is 10.2 Å². The first kappa shape index (κ1) is 17.8. The van der Waals surface area contributed by atoms with E-state index in [-0.39, 0.29) is 18.4 Å². The van der Waals surface area contributed by atoms with Gasteiger partial charge in [0.15, 0.2) is 17.3 Å². The fourth-order valence-electron chi connectivity index (χ4n) is 3.20. The molecule has 0 bridgehead atoms. The second-order valence-electron chi connectivity index (χ2n) is 6.47. The van der Waals surface area contributed by atoms with Crippen molar-refractivity contribution in [2.24, 2.45) is 0 Å². The van der Waals surface area contributed by atoms with Gasteiger partial charge in [-0.3, -0.25) is 9.20 Å². The van der Waals surface area contributed by atoms with Crippen LogP contribution in [0.3, 0.4) is 0 Å². The van der Waals surface area contributed by atoms with E-state index in [0.717, 1.165) is 12.0 Å². The van der Waals surface area contributed by atoms with E-state index in [1.807, 2.05) is 60.0 Å². The lowest BCUT2D eigenvalue weighted by atomic mass is 9.96. The SMILES string of the molecule is CC[C@H](C(=O)NCc1nnc2c(-c3nc(C)no3)cccn12)c1ccccc1. The van der Waals surface area contributed by atoms with Crippen LogP contribution < -0.4 is 5.32 Å². The first-order valence-electron chi connectivity index (χ1n) is 9.13. The van der Waals surface area contributed by atoms with Crippen LogP contribution in [0.2, 0.25) is 0 Å². The fourth-order valence-corrected chi connectivity index (χ4v) is 3.20. The summed E-state index contributed by atoms with van der Waals surface area (Å²) in [4.78, 5) is 16.9. The van der Waals surface area contributed by atoms with E-state index in [2.05, 4.69) is 25.7 Å². The summed E-state index contributed by atoms with van der Waals surface area (Å²) in [6.45, 7) is 4.03. The molecule has 0 unspecified atom stereocenters. The molecule has 4 rings (SSSR count). The minimum absolute atomic E-state index is 0.0332. The monoisotopic (exact) mass is 376 g/mol. The summed E-state index contributed by atoms with van der Waals surface area (Å²) in [6.07, 6.45) is 2.56. The number of hydrogen-bond acceptors (Lipinski definition) is 6. The van der Waals surface area contributed by atoms with Gasteiger partial charge in [-0.25, -0.2) is 0 Å². The highest BCUT2D eigenvalue weighted by molar-refractivity contribution is 5.83. The number of pyridine rings is 1. The van der Waals surface area contributed by atoms with Gasteiger partial charge in [-0.05, 0) is 31.0 Å². The van der Waals surface area contributed by atoms with Gasteiger partial charge in [0.2, 0.25) is 5.91 Å². The number of aryl methyl sites for hydroxylation is 1. The van der Waals surface area contributed by atoms with Crippen LogP contribution in [0.4, 0.5) is 0 Å². The van der Waals surface area contributed by atoms with E-state index in [0.29, 0.717) is 28.8 Å². The zero-order chi connectivity index (χ0) is 19.5. The van der Waals surface area contributed by atoms with Crippen LogP contribution in [0.1, 0.15) is 36.5 Å². The molecule has 0 saturated heterocycles. The summed E-state index contributed by atoms with van der Waals surface area (Å²) < 4.78 is 7.07. The van der Waals surface area contributed by atoms with Crippen molar-refractivity contribution in [2.45, 2.75) is 32.7 Å². The van der Waals surface area contributed by atoms with Gasteiger partial charge in [-0.1, -0.05) is 42.4 Å².